The Labute approximate surface area is 108 Å². The zero-order valence-corrected chi connectivity index (χ0v) is 12.6. The quantitative estimate of drug-likeness (QED) is 0.766. The lowest BCUT2D eigenvalue weighted by Crippen LogP contribution is -2.47. The summed E-state index contributed by atoms with van der Waals surface area (Å²) in [5, 5.41) is 3.67. The highest BCUT2D eigenvalue weighted by molar-refractivity contribution is 4.88. The zero-order chi connectivity index (χ0) is 12.9. The molecule has 2 heteroatoms. The average Bonchev–Trinajstić information content (AvgIpc) is 2.27. The van der Waals surface area contributed by atoms with Crippen molar-refractivity contribution in [3.8, 4) is 0 Å². The predicted octanol–water partition coefficient (Wildman–Crippen LogP) is 3.28. The first-order valence-electron chi connectivity index (χ1n) is 7.39. The maximum Gasteiger partial charge on any atom is 0.00498 e. The van der Waals surface area contributed by atoms with Crippen molar-refractivity contribution in [2.75, 3.05) is 20.1 Å². The maximum absolute atomic E-state index is 3.67. The SMILES string of the molecule is CC(C)NCC1(CN(C)C(C)C)CCCCC1. The minimum atomic E-state index is 0.529. The van der Waals surface area contributed by atoms with E-state index < -0.39 is 0 Å². The van der Waals surface area contributed by atoms with E-state index in [0.717, 1.165) is 0 Å². The predicted molar refractivity (Wildman–Crippen MR) is 76.4 cm³/mol. The number of hydrogen-bond acceptors (Lipinski definition) is 2. The van der Waals surface area contributed by atoms with Gasteiger partial charge in [-0.25, -0.2) is 0 Å². The summed E-state index contributed by atoms with van der Waals surface area (Å²) in [6.45, 7) is 11.6. The van der Waals surface area contributed by atoms with Crippen LogP contribution in [0.2, 0.25) is 0 Å². The molecule has 0 heterocycles. The highest BCUT2D eigenvalue weighted by Crippen LogP contribution is 2.36. The molecule has 0 aliphatic heterocycles. The molecule has 0 bridgehead atoms. The summed E-state index contributed by atoms with van der Waals surface area (Å²) in [6.07, 6.45) is 7.10. The van der Waals surface area contributed by atoms with Gasteiger partial charge >= 0.3 is 0 Å². The van der Waals surface area contributed by atoms with Crippen molar-refractivity contribution in [1.82, 2.24) is 10.2 Å². The summed E-state index contributed by atoms with van der Waals surface area (Å²) >= 11 is 0. The van der Waals surface area contributed by atoms with Crippen LogP contribution in [0.1, 0.15) is 59.8 Å². The Balaban J connectivity index is 2.57. The Morgan fingerprint density at radius 1 is 1.06 bits per heavy atom. The van der Waals surface area contributed by atoms with Gasteiger partial charge in [0.15, 0.2) is 0 Å². The second kappa shape index (κ2) is 6.75. The van der Waals surface area contributed by atoms with Gasteiger partial charge in [-0.15, -0.1) is 0 Å². The Hall–Kier alpha value is -0.0800. The summed E-state index contributed by atoms with van der Waals surface area (Å²) in [7, 11) is 2.27. The largest absolute Gasteiger partial charge is 0.314 e. The Morgan fingerprint density at radius 3 is 2.12 bits per heavy atom. The molecule has 1 N–H and O–H groups in total. The van der Waals surface area contributed by atoms with E-state index in [0.29, 0.717) is 17.5 Å². The molecular weight excluding hydrogens is 208 g/mol. The third kappa shape index (κ3) is 4.97. The van der Waals surface area contributed by atoms with Gasteiger partial charge in [-0.2, -0.15) is 0 Å². The molecule has 1 aliphatic rings. The van der Waals surface area contributed by atoms with Gasteiger partial charge in [0.2, 0.25) is 0 Å². The van der Waals surface area contributed by atoms with E-state index in [1.165, 1.54) is 45.2 Å². The lowest BCUT2D eigenvalue weighted by atomic mass is 9.73. The third-order valence-electron chi connectivity index (χ3n) is 4.27. The Bertz CT molecular complexity index is 205. The Kier molecular flexibility index (Phi) is 5.94. The smallest absolute Gasteiger partial charge is 0.00498 e. The second-order valence-corrected chi connectivity index (χ2v) is 6.61. The van der Waals surface area contributed by atoms with Gasteiger partial charge < -0.3 is 10.2 Å². The molecule has 102 valence electrons. The lowest BCUT2D eigenvalue weighted by molar-refractivity contribution is 0.0992. The molecule has 1 aliphatic carbocycles. The second-order valence-electron chi connectivity index (χ2n) is 6.61. The molecule has 0 spiro atoms. The normalized spacial score (nSPS) is 20.5. The van der Waals surface area contributed by atoms with E-state index in [1.54, 1.807) is 0 Å². The molecule has 0 unspecified atom stereocenters. The first-order chi connectivity index (χ1) is 7.95. The van der Waals surface area contributed by atoms with Crippen LogP contribution in [0.15, 0.2) is 0 Å². The van der Waals surface area contributed by atoms with Crippen LogP contribution >= 0.6 is 0 Å². The van der Waals surface area contributed by atoms with Gasteiger partial charge in [0.1, 0.15) is 0 Å². The first kappa shape index (κ1) is 15.0. The van der Waals surface area contributed by atoms with Crippen molar-refractivity contribution in [2.45, 2.75) is 71.9 Å². The summed E-state index contributed by atoms with van der Waals surface area (Å²) in [4.78, 5) is 2.52. The monoisotopic (exact) mass is 240 g/mol. The van der Waals surface area contributed by atoms with Crippen molar-refractivity contribution in [2.24, 2.45) is 5.41 Å². The molecule has 0 saturated heterocycles. The van der Waals surface area contributed by atoms with Gasteiger partial charge in [-0.05, 0) is 39.2 Å². The molecule has 1 fully saturated rings. The molecule has 2 nitrogen and oxygen atoms in total. The van der Waals surface area contributed by atoms with E-state index >= 15 is 0 Å². The standard InChI is InChI=1S/C15H32N2/c1-13(2)16-11-15(9-7-6-8-10-15)12-17(5)14(3)4/h13-14,16H,6-12H2,1-5H3. The molecule has 17 heavy (non-hydrogen) atoms. The highest BCUT2D eigenvalue weighted by atomic mass is 15.1. The average molecular weight is 240 g/mol. The van der Waals surface area contributed by atoms with Crippen LogP contribution in [0.4, 0.5) is 0 Å². The maximum atomic E-state index is 3.67. The lowest BCUT2D eigenvalue weighted by Gasteiger charge is -2.42. The summed E-state index contributed by atoms with van der Waals surface area (Å²) < 4.78 is 0. The van der Waals surface area contributed by atoms with Crippen molar-refractivity contribution >= 4 is 0 Å². The van der Waals surface area contributed by atoms with Crippen LogP contribution in [-0.2, 0) is 0 Å². The number of hydrogen-bond donors (Lipinski definition) is 1. The molecule has 0 atom stereocenters. The minimum Gasteiger partial charge on any atom is -0.314 e. The molecule has 0 radical (unpaired) electrons. The van der Waals surface area contributed by atoms with Crippen molar-refractivity contribution in [3.05, 3.63) is 0 Å². The summed E-state index contributed by atoms with van der Waals surface area (Å²) in [5.41, 5.74) is 0.529. The van der Waals surface area contributed by atoms with Gasteiger partial charge in [0.25, 0.3) is 0 Å². The number of rotatable bonds is 6. The third-order valence-corrected chi connectivity index (χ3v) is 4.27. The molecule has 0 amide bonds. The molecule has 0 aromatic heterocycles. The van der Waals surface area contributed by atoms with Gasteiger partial charge in [-0.1, -0.05) is 33.1 Å². The van der Waals surface area contributed by atoms with Crippen LogP contribution in [0.25, 0.3) is 0 Å². The topological polar surface area (TPSA) is 15.3 Å². The van der Waals surface area contributed by atoms with E-state index in [4.69, 9.17) is 0 Å². The van der Waals surface area contributed by atoms with Crippen molar-refractivity contribution in [3.63, 3.8) is 0 Å². The van der Waals surface area contributed by atoms with Crippen molar-refractivity contribution in [1.29, 1.82) is 0 Å². The van der Waals surface area contributed by atoms with Crippen LogP contribution in [-0.4, -0.2) is 37.1 Å². The van der Waals surface area contributed by atoms with E-state index in [9.17, 15) is 0 Å². The summed E-state index contributed by atoms with van der Waals surface area (Å²) in [5.74, 6) is 0. The summed E-state index contributed by atoms with van der Waals surface area (Å²) in [6, 6.07) is 1.27. The highest BCUT2D eigenvalue weighted by Gasteiger charge is 2.33. The van der Waals surface area contributed by atoms with Crippen LogP contribution < -0.4 is 5.32 Å². The van der Waals surface area contributed by atoms with Gasteiger partial charge in [0.05, 0.1) is 0 Å². The molecular formula is C15H32N2. The van der Waals surface area contributed by atoms with Crippen LogP contribution in [0.5, 0.6) is 0 Å². The molecule has 1 rings (SSSR count). The zero-order valence-electron chi connectivity index (χ0n) is 12.6. The first-order valence-corrected chi connectivity index (χ1v) is 7.39. The Morgan fingerprint density at radius 2 is 1.65 bits per heavy atom. The van der Waals surface area contributed by atoms with E-state index in [2.05, 4.69) is 45.0 Å². The van der Waals surface area contributed by atoms with Gasteiger partial charge in [-0.3, -0.25) is 0 Å². The molecule has 0 aromatic carbocycles. The fourth-order valence-corrected chi connectivity index (χ4v) is 2.82. The molecule has 0 aromatic rings. The number of nitrogens with zero attached hydrogens (tertiary/aromatic N) is 1. The van der Waals surface area contributed by atoms with Crippen molar-refractivity contribution < 1.29 is 0 Å². The fraction of sp³-hybridized carbons (Fsp3) is 1.00. The minimum absolute atomic E-state index is 0.529. The van der Waals surface area contributed by atoms with Gasteiger partial charge in [0, 0.05) is 25.2 Å². The van der Waals surface area contributed by atoms with E-state index in [1.807, 2.05) is 0 Å². The molecule has 1 saturated carbocycles. The van der Waals surface area contributed by atoms with Crippen LogP contribution in [0.3, 0.4) is 0 Å². The fourth-order valence-electron chi connectivity index (χ4n) is 2.82. The van der Waals surface area contributed by atoms with Crippen LogP contribution in [0, 0.1) is 5.41 Å². The number of nitrogens with one attached hydrogen (secondary N) is 1. The van der Waals surface area contributed by atoms with E-state index in [-0.39, 0.29) is 0 Å².